The van der Waals surface area contributed by atoms with Gasteiger partial charge in [0, 0.05) is 21.8 Å². The van der Waals surface area contributed by atoms with Crippen LogP contribution in [0.2, 0.25) is 10.0 Å². The van der Waals surface area contributed by atoms with Crippen LogP contribution in [0.25, 0.3) is 0 Å². The van der Waals surface area contributed by atoms with Crippen molar-refractivity contribution in [1.82, 2.24) is 10.2 Å². The minimum atomic E-state index is -0.409. The molecule has 7 heteroatoms. The monoisotopic (exact) mass is 297 g/mol. The van der Waals surface area contributed by atoms with Gasteiger partial charge in [0.15, 0.2) is 5.69 Å². The van der Waals surface area contributed by atoms with Crippen molar-refractivity contribution in [2.24, 2.45) is 0 Å². The van der Waals surface area contributed by atoms with E-state index in [0.29, 0.717) is 21.6 Å². The van der Waals surface area contributed by atoms with E-state index in [1.54, 1.807) is 24.3 Å². The van der Waals surface area contributed by atoms with Crippen LogP contribution in [0.5, 0.6) is 5.88 Å². The normalized spacial score (nSPS) is 10.1. The molecule has 0 aliphatic heterocycles. The van der Waals surface area contributed by atoms with E-state index >= 15 is 0 Å². The Morgan fingerprint density at radius 1 is 1.16 bits per heavy atom. The van der Waals surface area contributed by atoms with Crippen molar-refractivity contribution in [1.29, 1.82) is 0 Å². The highest BCUT2D eigenvalue weighted by molar-refractivity contribution is 6.35. The quantitative estimate of drug-likeness (QED) is 0.946. The molecule has 0 aliphatic rings. The first-order valence-corrected chi connectivity index (χ1v) is 5.99. The molecule has 2 aromatic rings. The highest BCUT2D eigenvalue weighted by atomic mass is 35.5. The highest BCUT2D eigenvalue weighted by Crippen LogP contribution is 2.22. The molecule has 0 bridgehead atoms. The zero-order valence-electron chi connectivity index (χ0n) is 9.85. The summed E-state index contributed by atoms with van der Waals surface area (Å²) in [6.45, 7) is 0. The smallest absolute Gasteiger partial charge is 0.276 e. The zero-order valence-corrected chi connectivity index (χ0v) is 11.4. The lowest BCUT2D eigenvalue weighted by molar-refractivity contribution is 0.102. The Morgan fingerprint density at radius 2 is 1.84 bits per heavy atom. The molecule has 0 radical (unpaired) electrons. The number of benzene rings is 1. The third-order valence-electron chi connectivity index (χ3n) is 2.20. The van der Waals surface area contributed by atoms with Crippen LogP contribution in [0, 0.1) is 0 Å². The Kier molecular flexibility index (Phi) is 4.19. The third kappa shape index (κ3) is 3.56. The van der Waals surface area contributed by atoms with E-state index in [4.69, 9.17) is 27.9 Å². The summed E-state index contributed by atoms with van der Waals surface area (Å²) in [5.74, 6) is -0.0733. The van der Waals surface area contributed by atoms with Crippen molar-refractivity contribution >= 4 is 34.8 Å². The second-order valence-electron chi connectivity index (χ2n) is 3.57. The SMILES string of the molecule is COc1ccc(C(=O)Nc2cc(Cl)cc(Cl)c2)nn1. The number of nitrogens with zero attached hydrogens (tertiary/aromatic N) is 2. The summed E-state index contributed by atoms with van der Waals surface area (Å²) in [5.41, 5.74) is 0.650. The molecule has 98 valence electrons. The van der Waals surface area contributed by atoms with Crippen LogP contribution in [-0.4, -0.2) is 23.2 Å². The van der Waals surface area contributed by atoms with E-state index < -0.39 is 5.91 Å². The Morgan fingerprint density at radius 3 is 2.37 bits per heavy atom. The van der Waals surface area contributed by atoms with Crippen LogP contribution in [0.1, 0.15) is 10.5 Å². The zero-order chi connectivity index (χ0) is 13.8. The van der Waals surface area contributed by atoms with Crippen LogP contribution >= 0.6 is 23.2 Å². The number of hydrogen-bond donors (Lipinski definition) is 1. The maximum atomic E-state index is 11.9. The van der Waals surface area contributed by atoms with E-state index in [-0.39, 0.29) is 5.69 Å². The number of hydrogen-bond acceptors (Lipinski definition) is 4. The number of halogens is 2. The van der Waals surface area contributed by atoms with Gasteiger partial charge in [-0.05, 0) is 24.3 Å². The summed E-state index contributed by atoms with van der Waals surface area (Å²) < 4.78 is 4.86. The first kappa shape index (κ1) is 13.6. The molecular weight excluding hydrogens is 289 g/mol. The maximum Gasteiger partial charge on any atom is 0.276 e. The van der Waals surface area contributed by atoms with Crippen molar-refractivity contribution in [3.63, 3.8) is 0 Å². The molecule has 0 atom stereocenters. The second-order valence-corrected chi connectivity index (χ2v) is 4.45. The molecule has 1 N–H and O–H groups in total. The molecule has 0 fully saturated rings. The van der Waals surface area contributed by atoms with Crippen LogP contribution in [0.15, 0.2) is 30.3 Å². The van der Waals surface area contributed by atoms with Gasteiger partial charge in [0.2, 0.25) is 5.88 Å². The molecule has 0 saturated heterocycles. The molecule has 1 amide bonds. The van der Waals surface area contributed by atoms with E-state index in [1.165, 1.54) is 13.2 Å². The molecule has 2 rings (SSSR count). The molecule has 5 nitrogen and oxygen atoms in total. The first-order chi connectivity index (χ1) is 9.08. The topological polar surface area (TPSA) is 64.1 Å². The standard InChI is InChI=1S/C12H9Cl2N3O2/c1-19-11-3-2-10(16-17-11)12(18)15-9-5-7(13)4-8(14)6-9/h2-6H,1H3,(H,15,18). The van der Waals surface area contributed by atoms with Crippen LogP contribution in [-0.2, 0) is 0 Å². The Hall–Kier alpha value is -1.85. The predicted octanol–water partition coefficient (Wildman–Crippen LogP) is 3.04. The molecule has 0 saturated carbocycles. The summed E-state index contributed by atoms with van der Waals surface area (Å²) >= 11 is 11.7. The maximum absolute atomic E-state index is 11.9. The Balaban J connectivity index is 2.15. The molecule has 0 unspecified atom stereocenters. The lowest BCUT2D eigenvalue weighted by Crippen LogP contribution is -2.14. The number of amides is 1. The second kappa shape index (κ2) is 5.86. The van der Waals surface area contributed by atoms with Gasteiger partial charge in [-0.15, -0.1) is 10.2 Å². The molecule has 1 heterocycles. The fourth-order valence-electron chi connectivity index (χ4n) is 1.37. The minimum absolute atomic E-state index is 0.164. The fourth-order valence-corrected chi connectivity index (χ4v) is 1.90. The lowest BCUT2D eigenvalue weighted by Gasteiger charge is -2.05. The van der Waals surface area contributed by atoms with Crippen molar-refractivity contribution in [2.75, 3.05) is 12.4 Å². The van der Waals surface area contributed by atoms with Gasteiger partial charge in [-0.2, -0.15) is 0 Å². The molecule has 0 spiro atoms. The summed E-state index contributed by atoms with van der Waals surface area (Å²) in [4.78, 5) is 11.9. The van der Waals surface area contributed by atoms with E-state index in [9.17, 15) is 4.79 Å². The number of aromatic nitrogens is 2. The summed E-state index contributed by atoms with van der Waals surface area (Å²) in [7, 11) is 1.47. The number of carbonyl (C=O) groups is 1. The minimum Gasteiger partial charge on any atom is -0.480 e. The van der Waals surface area contributed by atoms with Crippen molar-refractivity contribution < 1.29 is 9.53 Å². The van der Waals surface area contributed by atoms with Gasteiger partial charge < -0.3 is 10.1 Å². The van der Waals surface area contributed by atoms with Gasteiger partial charge >= 0.3 is 0 Å². The van der Waals surface area contributed by atoms with Gasteiger partial charge in [0.25, 0.3) is 5.91 Å². The van der Waals surface area contributed by atoms with Gasteiger partial charge in [-0.25, -0.2) is 0 Å². The average Bonchev–Trinajstić information content (AvgIpc) is 2.37. The van der Waals surface area contributed by atoms with E-state index in [2.05, 4.69) is 15.5 Å². The summed E-state index contributed by atoms with van der Waals surface area (Å²) in [6, 6.07) is 7.80. The lowest BCUT2D eigenvalue weighted by atomic mass is 10.3. The van der Waals surface area contributed by atoms with Gasteiger partial charge in [-0.3, -0.25) is 4.79 Å². The van der Waals surface area contributed by atoms with Gasteiger partial charge in [-0.1, -0.05) is 23.2 Å². The first-order valence-electron chi connectivity index (χ1n) is 5.23. The molecule has 0 aliphatic carbocycles. The summed E-state index contributed by atoms with van der Waals surface area (Å²) in [5, 5.41) is 10.9. The number of rotatable bonds is 3. The predicted molar refractivity (Wildman–Crippen MR) is 73.0 cm³/mol. The van der Waals surface area contributed by atoms with Crippen molar-refractivity contribution in [3.8, 4) is 5.88 Å². The fraction of sp³-hybridized carbons (Fsp3) is 0.0833. The van der Waals surface area contributed by atoms with E-state index in [0.717, 1.165) is 0 Å². The van der Waals surface area contributed by atoms with Crippen LogP contribution < -0.4 is 10.1 Å². The number of ether oxygens (including phenoxy) is 1. The summed E-state index contributed by atoms with van der Waals surface area (Å²) in [6.07, 6.45) is 0. The van der Waals surface area contributed by atoms with Gasteiger partial charge in [0.1, 0.15) is 0 Å². The molecule has 1 aromatic carbocycles. The largest absolute Gasteiger partial charge is 0.480 e. The molecule has 1 aromatic heterocycles. The van der Waals surface area contributed by atoms with Gasteiger partial charge in [0.05, 0.1) is 7.11 Å². The third-order valence-corrected chi connectivity index (χ3v) is 2.64. The Labute approximate surface area is 119 Å². The average molecular weight is 298 g/mol. The number of carbonyl (C=O) groups excluding carboxylic acids is 1. The molecular formula is C12H9Cl2N3O2. The van der Waals surface area contributed by atoms with E-state index in [1.807, 2.05) is 0 Å². The highest BCUT2D eigenvalue weighted by Gasteiger charge is 2.09. The Bertz CT molecular complexity index is 582. The van der Waals surface area contributed by atoms with Crippen molar-refractivity contribution in [2.45, 2.75) is 0 Å². The van der Waals surface area contributed by atoms with Crippen LogP contribution in [0.4, 0.5) is 5.69 Å². The van der Waals surface area contributed by atoms with Crippen molar-refractivity contribution in [3.05, 3.63) is 46.1 Å². The number of methoxy groups -OCH3 is 1. The van der Waals surface area contributed by atoms with Crippen LogP contribution in [0.3, 0.4) is 0 Å². The molecule has 19 heavy (non-hydrogen) atoms. The number of anilines is 1. The number of nitrogens with one attached hydrogen (secondary N) is 1.